The fourth-order valence-corrected chi connectivity index (χ4v) is 3.98. The molecule has 2 atom stereocenters. The van der Waals surface area contributed by atoms with E-state index in [2.05, 4.69) is 20.8 Å². The van der Waals surface area contributed by atoms with Crippen LogP contribution in [0, 0.1) is 23.2 Å². The third-order valence-corrected chi connectivity index (χ3v) is 5.68. The zero-order valence-corrected chi connectivity index (χ0v) is 14.3. The Morgan fingerprint density at radius 3 is 1.79 bits per heavy atom. The molecule has 0 aromatic carbocycles. The Bertz CT molecular complexity index is 222. The second-order valence-corrected chi connectivity index (χ2v) is 7.44. The Balaban J connectivity index is 0.000000169. The van der Waals surface area contributed by atoms with Gasteiger partial charge in [-0.05, 0) is 42.4 Å². The van der Waals surface area contributed by atoms with Gasteiger partial charge in [-0.2, -0.15) is 0 Å². The molecule has 0 aromatic rings. The van der Waals surface area contributed by atoms with E-state index in [1.54, 1.807) is 6.42 Å². The molecule has 0 amide bonds. The monoisotopic (exact) mass is 266 g/mol. The molecule has 0 nitrogen and oxygen atoms in total. The molecular formula is C19H38. The molecule has 0 heterocycles. The van der Waals surface area contributed by atoms with Crippen LogP contribution < -0.4 is 0 Å². The van der Waals surface area contributed by atoms with E-state index in [0.717, 1.165) is 23.2 Å². The second-order valence-electron chi connectivity index (χ2n) is 7.44. The SMILES string of the molecule is CC.CC(C)C1CCCCC1.CC12CCCCC1C2. The third kappa shape index (κ3) is 5.48. The van der Waals surface area contributed by atoms with Gasteiger partial charge >= 0.3 is 0 Å². The Hall–Kier alpha value is 0. The molecule has 3 aliphatic rings. The van der Waals surface area contributed by atoms with Gasteiger partial charge in [-0.25, -0.2) is 0 Å². The van der Waals surface area contributed by atoms with Gasteiger partial charge in [0, 0.05) is 0 Å². The van der Waals surface area contributed by atoms with Crippen molar-refractivity contribution in [2.75, 3.05) is 0 Å². The summed E-state index contributed by atoms with van der Waals surface area (Å²) >= 11 is 0. The third-order valence-electron chi connectivity index (χ3n) is 5.68. The molecule has 3 fully saturated rings. The first-order valence-corrected chi connectivity index (χ1v) is 9.12. The molecule has 0 aromatic heterocycles. The average Bonchev–Trinajstić information content (AvgIpc) is 3.14. The molecule has 0 heteroatoms. The van der Waals surface area contributed by atoms with Crippen LogP contribution in [-0.4, -0.2) is 0 Å². The summed E-state index contributed by atoms with van der Waals surface area (Å²) in [5.41, 5.74) is 0.845. The van der Waals surface area contributed by atoms with Crippen molar-refractivity contribution in [1.29, 1.82) is 0 Å². The van der Waals surface area contributed by atoms with Gasteiger partial charge in [-0.3, -0.25) is 0 Å². The van der Waals surface area contributed by atoms with Crippen molar-refractivity contribution in [2.45, 2.75) is 98.8 Å². The minimum Gasteiger partial charge on any atom is -0.0683 e. The van der Waals surface area contributed by atoms with Crippen LogP contribution in [0.4, 0.5) is 0 Å². The first kappa shape index (κ1) is 17.1. The van der Waals surface area contributed by atoms with Crippen molar-refractivity contribution in [2.24, 2.45) is 23.2 Å². The summed E-state index contributed by atoms with van der Waals surface area (Å²) in [6, 6.07) is 0. The first-order chi connectivity index (χ1) is 9.12. The maximum absolute atomic E-state index is 2.46. The van der Waals surface area contributed by atoms with Gasteiger partial charge in [-0.1, -0.05) is 79.6 Å². The van der Waals surface area contributed by atoms with Gasteiger partial charge in [0.05, 0.1) is 0 Å². The molecule has 0 spiro atoms. The minimum atomic E-state index is 0.845. The highest BCUT2D eigenvalue weighted by atomic mass is 14.5. The van der Waals surface area contributed by atoms with E-state index in [9.17, 15) is 0 Å². The van der Waals surface area contributed by atoms with Crippen molar-refractivity contribution in [3.63, 3.8) is 0 Å². The summed E-state index contributed by atoms with van der Waals surface area (Å²) in [5.74, 6) is 3.14. The summed E-state index contributed by atoms with van der Waals surface area (Å²) in [7, 11) is 0. The van der Waals surface area contributed by atoms with E-state index in [0.29, 0.717) is 0 Å². The second kappa shape index (κ2) is 8.32. The van der Waals surface area contributed by atoms with Crippen LogP contribution in [0.1, 0.15) is 98.8 Å². The van der Waals surface area contributed by atoms with E-state index in [4.69, 9.17) is 0 Å². The predicted octanol–water partition coefficient (Wildman–Crippen LogP) is 6.84. The van der Waals surface area contributed by atoms with Crippen LogP contribution in [0.2, 0.25) is 0 Å². The first-order valence-electron chi connectivity index (χ1n) is 9.12. The molecule has 114 valence electrons. The van der Waals surface area contributed by atoms with E-state index in [-0.39, 0.29) is 0 Å². The molecule has 3 saturated carbocycles. The van der Waals surface area contributed by atoms with Gasteiger partial charge in [0.15, 0.2) is 0 Å². The van der Waals surface area contributed by atoms with E-state index < -0.39 is 0 Å². The quantitative estimate of drug-likeness (QED) is 0.487. The highest BCUT2D eigenvalue weighted by Gasteiger charge is 2.50. The largest absolute Gasteiger partial charge is 0.0683 e. The van der Waals surface area contributed by atoms with E-state index >= 15 is 0 Å². The van der Waals surface area contributed by atoms with Gasteiger partial charge in [0.25, 0.3) is 0 Å². The Morgan fingerprint density at radius 2 is 1.42 bits per heavy atom. The van der Waals surface area contributed by atoms with Gasteiger partial charge in [0.2, 0.25) is 0 Å². The summed E-state index contributed by atoms with van der Waals surface area (Å²) in [4.78, 5) is 0. The van der Waals surface area contributed by atoms with Crippen molar-refractivity contribution < 1.29 is 0 Å². The molecule has 2 unspecified atom stereocenters. The zero-order valence-electron chi connectivity index (χ0n) is 14.3. The molecule has 0 aliphatic heterocycles. The van der Waals surface area contributed by atoms with Gasteiger partial charge < -0.3 is 0 Å². The molecule has 0 radical (unpaired) electrons. The Morgan fingerprint density at radius 1 is 0.842 bits per heavy atom. The molecule has 0 N–H and O–H groups in total. The number of rotatable bonds is 1. The lowest BCUT2D eigenvalue weighted by Crippen LogP contribution is -2.12. The number of hydrogen-bond donors (Lipinski definition) is 0. The Kier molecular flexibility index (Phi) is 7.47. The number of hydrogen-bond acceptors (Lipinski definition) is 0. The standard InChI is InChI=1S/C9H18.C8H14.C2H6/c1-8(2)9-6-4-3-5-7-9;1-8-5-3-2-4-7(8)6-8;1-2/h8-9H,3-7H2,1-2H3;7H,2-6H2,1H3;1-2H3. The van der Waals surface area contributed by atoms with Gasteiger partial charge in [0.1, 0.15) is 0 Å². The molecule has 3 aliphatic carbocycles. The molecular weight excluding hydrogens is 228 g/mol. The number of fused-ring (bicyclic) bond motifs is 1. The smallest absolute Gasteiger partial charge is 0.0294 e. The fourth-order valence-electron chi connectivity index (χ4n) is 3.98. The summed E-state index contributed by atoms with van der Waals surface area (Å²) < 4.78 is 0. The minimum absolute atomic E-state index is 0.845. The highest BCUT2D eigenvalue weighted by molar-refractivity contribution is 5.00. The van der Waals surface area contributed by atoms with Crippen molar-refractivity contribution in [1.82, 2.24) is 0 Å². The van der Waals surface area contributed by atoms with Crippen LogP contribution in [-0.2, 0) is 0 Å². The summed E-state index contributed by atoms with van der Waals surface area (Å²) in [5, 5.41) is 0. The zero-order chi connectivity index (χ0) is 14.3. The fraction of sp³-hybridized carbons (Fsp3) is 1.00. The lowest BCUT2D eigenvalue weighted by molar-refractivity contribution is 0.279. The van der Waals surface area contributed by atoms with Crippen LogP contribution in [0.25, 0.3) is 0 Å². The average molecular weight is 267 g/mol. The van der Waals surface area contributed by atoms with Crippen LogP contribution in [0.3, 0.4) is 0 Å². The van der Waals surface area contributed by atoms with Crippen LogP contribution in [0.15, 0.2) is 0 Å². The van der Waals surface area contributed by atoms with Crippen LogP contribution in [0.5, 0.6) is 0 Å². The molecule has 19 heavy (non-hydrogen) atoms. The van der Waals surface area contributed by atoms with Crippen LogP contribution >= 0.6 is 0 Å². The van der Waals surface area contributed by atoms with Crippen molar-refractivity contribution in [3.05, 3.63) is 0 Å². The Labute approximate surface area is 122 Å². The molecule has 3 rings (SSSR count). The normalized spacial score (nSPS) is 33.5. The highest BCUT2D eigenvalue weighted by Crippen LogP contribution is 2.60. The topological polar surface area (TPSA) is 0 Å². The maximum Gasteiger partial charge on any atom is -0.0294 e. The van der Waals surface area contributed by atoms with E-state index in [1.807, 2.05) is 13.8 Å². The maximum atomic E-state index is 2.46. The summed E-state index contributed by atoms with van der Waals surface area (Å²) in [6.07, 6.45) is 15.1. The lowest BCUT2D eigenvalue weighted by Gasteiger charge is -2.24. The van der Waals surface area contributed by atoms with Gasteiger partial charge in [-0.15, -0.1) is 0 Å². The lowest BCUT2D eigenvalue weighted by atomic mass is 9.82. The predicted molar refractivity (Wildman–Crippen MR) is 87.4 cm³/mol. The van der Waals surface area contributed by atoms with E-state index in [1.165, 1.54) is 57.8 Å². The van der Waals surface area contributed by atoms with Crippen molar-refractivity contribution in [3.8, 4) is 0 Å². The molecule has 0 saturated heterocycles. The summed E-state index contributed by atoms with van der Waals surface area (Å²) in [6.45, 7) is 11.2. The van der Waals surface area contributed by atoms with Crippen molar-refractivity contribution >= 4 is 0 Å². The molecule has 0 bridgehead atoms.